The Kier molecular flexibility index (Phi) is 3.55. The van der Waals surface area contributed by atoms with Gasteiger partial charge in [-0.2, -0.15) is 11.3 Å². The molecule has 1 aromatic heterocycles. The molecule has 1 rings (SSSR count). The van der Waals surface area contributed by atoms with E-state index in [2.05, 4.69) is 0 Å². The van der Waals surface area contributed by atoms with Crippen LogP contribution in [0.3, 0.4) is 0 Å². The summed E-state index contributed by atoms with van der Waals surface area (Å²) in [7, 11) is 0. The van der Waals surface area contributed by atoms with Crippen LogP contribution >= 0.6 is 11.3 Å². The summed E-state index contributed by atoms with van der Waals surface area (Å²) in [6.07, 6.45) is 1.33. The molecule has 14 heavy (non-hydrogen) atoms. The quantitative estimate of drug-likeness (QED) is 0.437. The number of carbonyl (C=O) groups is 2. The lowest BCUT2D eigenvalue weighted by molar-refractivity contribution is -0.134. The molecule has 0 unspecified atom stereocenters. The molecule has 0 amide bonds. The van der Waals surface area contributed by atoms with Crippen molar-refractivity contribution in [2.24, 2.45) is 5.73 Å². The lowest BCUT2D eigenvalue weighted by atomic mass is 10.1. The Balaban J connectivity index is 2.99. The van der Waals surface area contributed by atoms with Crippen LogP contribution in [0.5, 0.6) is 0 Å². The number of aliphatic carboxylic acids is 1. The van der Waals surface area contributed by atoms with Gasteiger partial charge in [0.05, 0.1) is 6.54 Å². The van der Waals surface area contributed by atoms with E-state index >= 15 is 0 Å². The third-order valence-electron chi connectivity index (χ3n) is 1.57. The Morgan fingerprint density at radius 3 is 2.71 bits per heavy atom. The molecule has 4 nitrogen and oxygen atoms in total. The number of thiophene rings is 1. The van der Waals surface area contributed by atoms with E-state index in [1.807, 2.05) is 0 Å². The second-order valence-electron chi connectivity index (χ2n) is 2.55. The van der Waals surface area contributed by atoms with Gasteiger partial charge in [0.2, 0.25) is 0 Å². The van der Waals surface area contributed by atoms with Gasteiger partial charge in [-0.15, -0.1) is 0 Å². The fourth-order valence-corrected chi connectivity index (χ4v) is 1.51. The maximum atomic E-state index is 11.1. The van der Waals surface area contributed by atoms with Gasteiger partial charge < -0.3 is 10.8 Å². The molecular weight excluding hydrogens is 202 g/mol. The van der Waals surface area contributed by atoms with E-state index in [9.17, 15) is 9.59 Å². The van der Waals surface area contributed by atoms with Gasteiger partial charge >= 0.3 is 5.97 Å². The average molecular weight is 211 g/mol. The van der Waals surface area contributed by atoms with E-state index < -0.39 is 11.8 Å². The lowest BCUT2D eigenvalue weighted by Gasteiger charge is -1.97. The molecule has 0 radical (unpaired) electrons. The Labute approximate surface area is 84.7 Å². The van der Waals surface area contributed by atoms with Crippen molar-refractivity contribution in [1.82, 2.24) is 0 Å². The van der Waals surface area contributed by atoms with Gasteiger partial charge in [-0.25, -0.2) is 4.79 Å². The number of Topliss-reactive ketones (excluding diaryl/α,β-unsaturated/α-hetero) is 1. The molecule has 0 saturated heterocycles. The van der Waals surface area contributed by atoms with Gasteiger partial charge in [-0.3, -0.25) is 4.79 Å². The molecule has 5 heteroatoms. The number of carbonyl (C=O) groups excluding carboxylic acids is 1. The van der Waals surface area contributed by atoms with Crippen LogP contribution in [0.15, 0.2) is 22.4 Å². The van der Waals surface area contributed by atoms with Crippen molar-refractivity contribution in [2.45, 2.75) is 0 Å². The number of hydrogen-bond donors (Lipinski definition) is 2. The van der Waals surface area contributed by atoms with Crippen molar-refractivity contribution >= 4 is 29.2 Å². The minimum atomic E-state index is -1.24. The molecule has 0 bridgehead atoms. The molecule has 0 saturated carbocycles. The van der Waals surface area contributed by atoms with Crippen molar-refractivity contribution in [3.63, 3.8) is 0 Å². The van der Waals surface area contributed by atoms with Crippen LogP contribution in [0, 0.1) is 0 Å². The fraction of sp³-hybridized carbons (Fsp3) is 0.111. The molecule has 0 fully saturated rings. The van der Waals surface area contributed by atoms with Crippen molar-refractivity contribution < 1.29 is 14.7 Å². The summed E-state index contributed by atoms with van der Waals surface area (Å²) >= 11 is 1.43. The standard InChI is InChI=1S/C9H9NO3S/c10-4-8(11)7(9(12)13)3-6-1-2-14-5-6/h1-3,5H,4,10H2,(H,12,13)/b7-3-. The van der Waals surface area contributed by atoms with Gasteiger partial charge in [0.25, 0.3) is 0 Å². The number of hydrogen-bond acceptors (Lipinski definition) is 4. The van der Waals surface area contributed by atoms with Gasteiger partial charge in [0.1, 0.15) is 5.57 Å². The smallest absolute Gasteiger partial charge is 0.339 e. The maximum Gasteiger partial charge on any atom is 0.339 e. The monoisotopic (exact) mass is 211 g/mol. The van der Waals surface area contributed by atoms with Gasteiger partial charge in [-0.1, -0.05) is 0 Å². The zero-order valence-corrected chi connectivity index (χ0v) is 8.08. The summed E-state index contributed by atoms with van der Waals surface area (Å²) in [6, 6.07) is 1.73. The van der Waals surface area contributed by atoms with E-state index in [0.717, 1.165) is 0 Å². The Hall–Kier alpha value is -1.46. The maximum absolute atomic E-state index is 11.1. The average Bonchev–Trinajstić information content (AvgIpc) is 2.65. The number of rotatable bonds is 4. The first kappa shape index (κ1) is 10.6. The molecule has 1 aromatic rings. The summed E-state index contributed by atoms with van der Waals surface area (Å²) in [5, 5.41) is 12.3. The van der Waals surface area contributed by atoms with Gasteiger partial charge in [0.15, 0.2) is 5.78 Å². The van der Waals surface area contributed by atoms with E-state index in [4.69, 9.17) is 10.8 Å². The molecule has 0 aromatic carbocycles. The van der Waals surface area contributed by atoms with Crippen molar-refractivity contribution in [1.29, 1.82) is 0 Å². The lowest BCUT2D eigenvalue weighted by Crippen LogP contribution is -2.20. The number of carboxylic acid groups (broad SMARTS) is 1. The first-order chi connectivity index (χ1) is 6.65. The second-order valence-corrected chi connectivity index (χ2v) is 3.33. The number of carboxylic acids is 1. The summed E-state index contributed by atoms with van der Waals surface area (Å²) in [5.41, 5.74) is 5.52. The molecule has 0 spiro atoms. The highest BCUT2D eigenvalue weighted by Gasteiger charge is 2.15. The van der Waals surface area contributed by atoms with E-state index in [0.29, 0.717) is 5.56 Å². The van der Waals surface area contributed by atoms with Crippen LogP contribution in [-0.2, 0) is 9.59 Å². The van der Waals surface area contributed by atoms with Crippen LogP contribution in [0.2, 0.25) is 0 Å². The molecule has 0 atom stereocenters. The highest BCUT2D eigenvalue weighted by atomic mass is 32.1. The second kappa shape index (κ2) is 4.69. The third-order valence-corrected chi connectivity index (χ3v) is 2.27. The van der Waals surface area contributed by atoms with Crippen LogP contribution in [-0.4, -0.2) is 23.4 Å². The summed E-state index contributed by atoms with van der Waals surface area (Å²) < 4.78 is 0. The normalized spacial score (nSPS) is 11.4. The molecule has 0 aliphatic heterocycles. The van der Waals surface area contributed by atoms with Crippen LogP contribution in [0.25, 0.3) is 6.08 Å². The molecule has 1 heterocycles. The predicted molar refractivity (Wildman–Crippen MR) is 54.0 cm³/mol. The number of nitrogens with two attached hydrogens (primary N) is 1. The van der Waals surface area contributed by atoms with Crippen molar-refractivity contribution in [3.8, 4) is 0 Å². The molecule has 3 N–H and O–H groups in total. The topological polar surface area (TPSA) is 80.4 Å². The highest BCUT2D eigenvalue weighted by Crippen LogP contribution is 2.11. The van der Waals surface area contributed by atoms with Gasteiger partial charge in [-0.05, 0) is 28.5 Å². The summed E-state index contributed by atoms with van der Waals surface area (Å²) in [4.78, 5) is 21.8. The Morgan fingerprint density at radius 1 is 1.57 bits per heavy atom. The summed E-state index contributed by atoms with van der Waals surface area (Å²) in [5.74, 6) is -1.81. The van der Waals surface area contributed by atoms with E-state index in [1.54, 1.807) is 16.8 Å². The minimum Gasteiger partial charge on any atom is -0.478 e. The molecule has 0 aliphatic carbocycles. The Morgan fingerprint density at radius 2 is 2.29 bits per heavy atom. The minimum absolute atomic E-state index is 0.272. The fourth-order valence-electron chi connectivity index (χ4n) is 0.895. The largest absolute Gasteiger partial charge is 0.478 e. The number of ketones is 1. The third kappa shape index (κ3) is 2.51. The molecule has 74 valence electrons. The van der Waals surface area contributed by atoms with Crippen LogP contribution < -0.4 is 5.73 Å². The Bertz CT molecular complexity index is 367. The van der Waals surface area contributed by atoms with E-state index in [1.165, 1.54) is 17.4 Å². The van der Waals surface area contributed by atoms with Crippen molar-refractivity contribution in [2.75, 3.05) is 6.54 Å². The zero-order chi connectivity index (χ0) is 10.6. The SMILES string of the molecule is NCC(=O)/C(=C/c1ccsc1)C(=O)O. The molecular formula is C9H9NO3S. The van der Waals surface area contributed by atoms with Crippen LogP contribution in [0.4, 0.5) is 0 Å². The van der Waals surface area contributed by atoms with E-state index in [-0.39, 0.29) is 12.1 Å². The molecule has 0 aliphatic rings. The highest BCUT2D eigenvalue weighted by molar-refractivity contribution is 7.08. The van der Waals surface area contributed by atoms with Crippen molar-refractivity contribution in [3.05, 3.63) is 28.0 Å². The van der Waals surface area contributed by atoms with Crippen LogP contribution in [0.1, 0.15) is 5.56 Å². The predicted octanol–water partition coefficient (Wildman–Crippen LogP) is 0.744. The zero-order valence-electron chi connectivity index (χ0n) is 7.27. The first-order valence-corrected chi connectivity index (χ1v) is 4.80. The van der Waals surface area contributed by atoms with Gasteiger partial charge in [0, 0.05) is 0 Å². The first-order valence-electron chi connectivity index (χ1n) is 3.85. The summed E-state index contributed by atoms with van der Waals surface area (Å²) in [6.45, 7) is -0.289.